The SMILES string of the molecule is Cc1ccc(OCCn2cc(/C=C3\SC(=O)N(Cc4ccc(Cl)c(Cl)c4)C3=O)c3cc(Br)ccc32)cc1. The van der Waals surface area contributed by atoms with Crippen LogP contribution in [0.5, 0.6) is 5.75 Å². The van der Waals surface area contributed by atoms with Crippen LogP contribution in [-0.4, -0.2) is 27.2 Å². The van der Waals surface area contributed by atoms with Crippen LogP contribution in [0.15, 0.2) is 76.2 Å². The largest absolute Gasteiger partial charge is 0.492 e. The number of aryl methyl sites for hydroxylation is 1. The molecule has 2 amide bonds. The summed E-state index contributed by atoms with van der Waals surface area (Å²) in [5.41, 5.74) is 3.77. The van der Waals surface area contributed by atoms with Crippen molar-refractivity contribution in [2.75, 3.05) is 6.61 Å². The smallest absolute Gasteiger partial charge is 0.293 e. The molecule has 1 fully saturated rings. The molecule has 1 aliphatic rings. The van der Waals surface area contributed by atoms with Gasteiger partial charge >= 0.3 is 0 Å². The molecule has 4 aromatic rings. The summed E-state index contributed by atoms with van der Waals surface area (Å²) in [6, 6.07) is 19.1. The Morgan fingerprint density at radius 1 is 1.00 bits per heavy atom. The third-order valence-corrected chi connectivity index (χ3v) is 8.12. The molecule has 1 aromatic heterocycles. The van der Waals surface area contributed by atoms with Gasteiger partial charge in [0.2, 0.25) is 0 Å². The molecule has 1 aliphatic heterocycles. The molecule has 0 saturated carbocycles. The molecular formula is C28H21BrCl2N2O3S. The van der Waals surface area contributed by atoms with Crippen LogP contribution in [-0.2, 0) is 17.9 Å². The zero-order valence-corrected chi connectivity index (χ0v) is 23.6. The Morgan fingerprint density at radius 3 is 2.54 bits per heavy atom. The number of halogens is 3. The predicted molar refractivity (Wildman–Crippen MR) is 154 cm³/mol. The third kappa shape index (κ3) is 5.75. The van der Waals surface area contributed by atoms with Crippen molar-refractivity contribution in [1.82, 2.24) is 9.47 Å². The van der Waals surface area contributed by atoms with Gasteiger partial charge < -0.3 is 9.30 Å². The number of nitrogens with zero attached hydrogens (tertiary/aromatic N) is 2. The van der Waals surface area contributed by atoms with Crippen LogP contribution in [0.2, 0.25) is 10.0 Å². The van der Waals surface area contributed by atoms with Gasteiger partial charge in [-0.25, -0.2) is 0 Å². The van der Waals surface area contributed by atoms with E-state index in [0.717, 1.165) is 44.0 Å². The fraction of sp³-hybridized carbons (Fsp3) is 0.143. The second kappa shape index (κ2) is 11.0. The first kappa shape index (κ1) is 25.9. The number of hydrogen-bond donors (Lipinski definition) is 0. The third-order valence-electron chi connectivity index (χ3n) is 5.98. The van der Waals surface area contributed by atoms with Crippen molar-refractivity contribution in [3.05, 3.63) is 103 Å². The average Bonchev–Trinajstić information content (AvgIpc) is 3.34. The molecule has 0 spiro atoms. The Bertz CT molecular complexity index is 1550. The Morgan fingerprint density at radius 2 is 1.78 bits per heavy atom. The van der Waals surface area contributed by atoms with Crippen LogP contribution in [0, 0.1) is 6.92 Å². The molecule has 9 heteroatoms. The molecule has 2 heterocycles. The summed E-state index contributed by atoms with van der Waals surface area (Å²) in [4.78, 5) is 27.5. The monoisotopic (exact) mass is 614 g/mol. The van der Waals surface area contributed by atoms with E-state index in [4.69, 9.17) is 27.9 Å². The first-order valence-corrected chi connectivity index (χ1v) is 13.8. The second-order valence-corrected chi connectivity index (χ2v) is 11.3. The van der Waals surface area contributed by atoms with Crippen LogP contribution in [0.4, 0.5) is 4.79 Å². The number of carbonyl (C=O) groups excluding carboxylic acids is 2. The summed E-state index contributed by atoms with van der Waals surface area (Å²) in [6.07, 6.45) is 3.77. The van der Waals surface area contributed by atoms with E-state index < -0.39 is 0 Å². The van der Waals surface area contributed by atoms with Crippen molar-refractivity contribution in [3.8, 4) is 5.75 Å². The highest BCUT2D eigenvalue weighted by molar-refractivity contribution is 9.10. The molecule has 5 rings (SSSR count). The maximum Gasteiger partial charge on any atom is 0.293 e. The van der Waals surface area contributed by atoms with E-state index in [1.165, 1.54) is 10.5 Å². The van der Waals surface area contributed by atoms with E-state index in [1.807, 2.05) is 55.6 Å². The lowest BCUT2D eigenvalue weighted by Crippen LogP contribution is -2.27. The molecular weight excluding hydrogens is 595 g/mol. The van der Waals surface area contributed by atoms with Crippen molar-refractivity contribution in [1.29, 1.82) is 0 Å². The molecule has 0 bridgehead atoms. The molecule has 0 radical (unpaired) electrons. The lowest BCUT2D eigenvalue weighted by atomic mass is 10.1. The van der Waals surface area contributed by atoms with Crippen LogP contribution in [0.25, 0.3) is 17.0 Å². The van der Waals surface area contributed by atoms with Gasteiger partial charge in [-0.05, 0) is 72.8 Å². The van der Waals surface area contributed by atoms with Gasteiger partial charge in [0, 0.05) is 27.1 Å². The minimum atomic E-state index is -0.334. The Labute approximate surface area is 237 Å². The van der Waals surface area contributed by atoms with E-state index >= 15 is 0 Å². The fourth-order valence-corrected chi connectivity index (χ4v) is 5.60. The van der Waals surface area contributed by atoms with Gasteiger partial charge in [0.1, 0.15) is 12.4 Å². The van der Waals surface area contributed by atoms with E-state index in [1.54, 1.807) is 24.3 Å². The maximum absolute atomic E-state index is 13.2. The molecule has 0 atom stereocenters. The van der Waals surface area contributed by atoms with Crippen LogP contribution in [0.1, 0.15) is 16.7 Å². The highest BCUT2D eigenvalue weighted by Crippen LogP contribution is 2.36. The summed E-state index contributed by atoms with van der Waals surface area (Å²) in [5.74, 6) is 0.486. The van der Waals surface area contributed by atoms with Gasteiger partial charge in [-0.3, -0.25) is 14.5 Å². The van der Waals surface area contributed by atoms with Crippen LogP contribution >= 0.6 is 50.9 Å². The maximum atomic E-state index is 13.2. The van der Waals surface area contributed by atoms with Crippen molar-refractivity contribution < 1.29 is 14.3 Å². The Balaban J connectivity index is 1.38. The summed E-state index contributed by atoms with van der Waals surface area (Å²) < 4.78 is 8.95. The van der Waals surface area contributed by atoms with Gasteiger partial charge in [0.05, 0.1) is 28.0 Å². The quantitative estimate of drug-likeness (QED) is 0.196. The van der Waals surface area contributed by atoms with Gasteiger partial charge in [-0.15, -0.1) is 0 Å². The summed E-state index contributed by atoms with van der Waals surface area (Å²) in [6.45, 7) is 3.28. The van der Waals surface area contributed by atoms with Crippen molar-refractivity contribution in [3.63, 3.8) is 0 Å². The minimum Gasteiger partial charge on any atom is -0.492 e. The van der Waals surface area contributed by atoms with Crippen molar-refractivity contribution in [2.24, 2.45) is 0 Å². The number of amides is 2. The number of ether oxygens (including phenoxy) is 1. The zero-order chi connectivity index (χ0) is 26.1. The highest BCUT2D eigenvalue weighted by Gasteiger charge is 2.35. The number of carbonyl (C=O) groups is 2. The minimum absolute atomic E-state index is 0.128. The first-order valence-electron chi connectivity index (χ1n) is 11.5. The Kier molecular flexibility index (Phi) is 7.67. The molecule has 1 saturated heterocycles. The normalized spacial score (nSPS) is 14.8. The predicted octanol–water partition coefficient (Wildman–Crippen LogP) is 8.33. The molecule has 0 unspecified atom stereocenters. The number of fused-ring (bicyclic) bond motifs is 1. The number of aromatic nitrogens is 1. The van der Waals surface area contributed by atoms with Crippen LogP contribution in [0.3, 0.4) is 0 Å². The number of benzene rings is 3. The number of imide groups is 1. The van der Waals surface area contributed by atoms with Gasteiger partial charge in [-0.2, -0.15) is 0 Å². The standard InChI is InChI=1S/C28H21BrCl2N2O3S/c1-17-2-6-21(7-3-17)36-11-10-32-16-19(22-14-20(29)5-9-25(22)32)13-26-27(34)33(28(35)37-26)15-18-4-8-23(30)24(31)12-18/h2-9,12-14,16H,10-11,15H2,1H3/b26-13-. The lowest BCUT2D eigenvalue weighted by Gasteiger charge is -2.12. The highest BCUT2D eigenvalue weighted by atomic mass is 79.9. The molecule has 3 aromatic carbocycles. The van der Waals surface area contributed by atoms with E-state index in [9.17, 15) is 9.59 Å². The molecule has 37 heavy (non-hydrogen) atoms. The van der Waals surface area contributed by atoms with E-state index in [0.29, 0.717) is 28.1 Å². The number of thioether (sulfide) groups is 1. The van der Waals surface area contributed by atoms with Gasteiger partial charge in [0.25, 0.3) is 11.1 Å². The van der Waals surface area contributed by atoms with Crippen molar-refractivity contribution in [2.45, 2.75) is 20.0 Å². The summed E-state index contributed by atoms with van der Waals surface area (Å²) >= 11 is 16.6. The van der Waals surface area contributed by atoms with Crippen LogP contribution < -0.4 is 4.74 Å². The fourth-order valence-electron chi connectivity index (χ4n) is 4.09. The van der Waals surface area contributed by atoms with E-state index in [-0.39, 0.29) is 17.7 Å². The van der Waals surface area contributed by atoms with E-state index in [2.05, 4.69) is 20.5 Å². The summed E-state index contributed by atoms with van der Waals surface area (Å²) in [7, 11) is 0. The zero-order valence-electron chi connectivity index (χ0n) is 19.7. The number of rotatable bonds is 7. The summed E-state index contributed by atoms with van der Waals surface area (Å²) in [5, 5.41) is 1.46. The molecule has 0 N–H and O–H groups in total. The van der Waals surface area contributed by atoms with Gasteiger partial charge in [-0.1, -0.05) is 62.9 Å². The lowest BCUT2D eigenvalue weighted by molar-refractivity contribution is -0.123. The second-order valence-electron chi connectivity index (χ2n) is 8.62. The topological polar surface area (TPSA) is 51.5 Å². The van der Waals surface area contributed by atoms with Gasteiger partial charge in [0.15, 0.2) is 0 Å². The molecule has 188 valence electrons. The average molecular weight is 616 g/mol. The molecule has 5 nitrogen and oxygen atoms in total. The first-order chi connectivity index (χ1) is 17.8. The van der Waals surface area contributed by atoms with Crippen molar-refractivity contribution >= 4 is 79.0 Å². The Hall–Kier alpha value is -2.71. The molecule has 0 aliphatic carbocycles. The number of hydrogen-bond acceptors (Lipinski definition) is 4.